The SMILES string of the molecule is NC(=O)NN=Cc1ccc(OC(=O)OCC2c3ccccc3-c3ccccc32)cc1. The molecule has 4 rings (SSSR count). The number of rotatable bonds is 5. The first kappa shape index (κ1) is 19.2. The van der Waals surface area contributed by atoms with E-state index in [9.17, 15) is 9.59 Å². The summed E-state index contributed by atoms with van der Waals surface area (Å²) < 4.78 is 10.7. The lowest BCUT2D eigenvalue weighted by Crippen LogP contribution is -2.24. The summed E-state index contributed by atoms with van der Waals surface area (Å²) in [6.45, 7) is 0.191. The van der Waals surface area contributed by atoms with Crippen molar-refractivity contribution in [3.05, 3.63) is 89.5 Å². The smallest absolute Gasteiger partial charge is 0.433 e. The number of hydrogen-bond acceptors (Lipinski definition) is 5. The van der Waals surface area contributed by atoms with Gasteiger partial charge in [0.25, 0.3) is 0 Å². The van der Waals surface area contributed by atoms with Crippen molar-refractivity contribution in [3.8, 4) is 16.9 Å². The summed E-state index contributed by atoms with van der Waals surface area (Å²) in [5, 5.41) is 3.66. The van der Waals surface area contributed by atoms with E-state index in [1.165, 1.54) is 6.21 Å². The molecule has 0 aliphatic heterocycles. The van der Waals surface area contributed by atoms with Crippen LogP contribution in [0.25, 0.3) is 11.1 Å². The van der Waals surface area contributed by atoms with E-state index in [0.29, 0.717) is 11.3 Å². The standard InChI is InChI=1S/C23H19N3O4/c24-22(27)26-25-13-15-9-11-16(12-10-15)30-23(28)29-14-21-19-7-3-1-5-17(19)18-6-2-4-8-20(18)21/h1-13,21H,14H2,(H3,24,26,27). The second-order valence-corrected chi connectivity index (χ2v) is 6.69. The molecule has 0 aromatic heterocycles. The molecule has 0 unspecified atom stereocenters. The fraction of sp³-hybridized carbons (Fsp3) is 0.0870. The third-order valence-electron chi connectivity index (χ3n) is 4.80. The number of nitrogens with zero attached hydrogens (tertiary/aromatic N) is 1. The van der Waals surface area contributed by atoms with Crippen LogP contribution in [-0.2, 0) is 4.74 Å². The molecule has 0 heterocycles. The lowest BCUT2D eigenvalue weighted by atomic mass is 9.98. The molecule has 0 saturated heterocycles. The summed E-state index contributed by atoms with van der Waals surface area (Å²) in [5.74, 6) is 0.313. The van der Waals surface area contributed by atoms with Crippen LogP contribution >= 0.6 is 0 Å². The number of nitrogens with one attached hydrogen (secondary N) is 1. The van der Waals surface area contributed by atoms with Gasteiger partial charge in [0, 0.05) is 5.92 Å². The average Bonchev–Trinajstić information content (AvgIpc) is 3.07. The highest BCUT2D eigenvalue weighted by Crippen LogP contribution is 2.44. The monoisotopic (exact) mass is 401 g/mol. The summed E-state index contributed by atoms with van der Waals surface area (Å²) in [6, 6.07) is 22.1. The number of ether oxygens (including phenoxy) is 2. The van der Waals surface area contributed by atoms with Gasteiger partial charge in [-0.25, -0.2) is 15.0 Å². The second-order valence-electron chi connectivity index (χ2n) is 6.69. The predicted octanol–water partition coefficient (Wildman–Crippen LogP) is 4.02. The van der Waals surface area contributed by atoms with Gasteiger partial charge in [-0.05, 0) is 52.1 Å². The van der Waals surface area contributed by atoms with E-state index >= 15 is 0 Å². The minimum Gasteiger partial charge on any atom is -0.433 e. The van der Waals surface area contributed by atoms with Gasteiger partial charge >= 0.3 is 12.2 Å². The van der Waals surface area contributed by atoms with Crippen molar-refractivity contribution in [1.29, 1.82) is 0 Å². The molecule has 0 bridgehead atoms. The number of hydrogen-bond donors (Lipinski definition) is 2. The Hall–Kier alpha value is -4.13. The third-order valence-corrected chi connectivity index (χ3v) is 4.80. The Morgan fingerprint density at radius 1 is 0.933 bits per heavy atom. The molecule has 150 valence electrons. The Balaban J connectivity index is 1.37. The first-order valence-electron chi connectivity index (χ1n) is 9.33. The molecule has 7 nitrogen and oxygen atoms in total. The maximum absolute atomic E-state index is 12.2. The topological polar surface area (TPSA) is 103 Å². The van der Waals surface area contributed by atoms with Gasteiger partial charge < -0.3 is 15.2 Å². The number of primary amides is 1. The molecule has 2 amide bonds. The van der Waals surface area contributed by atoms with Crippen LogP contribution in [0.4, 0.5) is 9.59 Å². The fourth-order valence-electron chi connectivity index (χ4n) is 3.51. The summed E-state index contributed by atoms with van der Waals surface area (Å²) in [5.41, 5.74) is 12.3. The van der Waals surface area contributed by atoms with E-state index in [1.54, 1.807) is 24.3 Å². The number of urea groups is 1. The first-order valence-corrected chi connectivity index (χ1v) is 9.33. The molecule has 0 fully saturated rings. The van der Waals surface area contributed by atoms with Gasteiger partial charge in [0.2, 0.25) is 0 Å². The quantitative estimate of drug-likeness (QED) is 0.292. The number of nitrogens with two attached hydrogens (primary N) is 1. The Labute approximate surface area is 173 Å². The van der Waals surface area contributed by atoms with Crippen molar-refractivity contribution < 1.29 is 19.1 Å². The maximum Gasteiger partial charge on any atom is 0.513 e. The molecular weight excluding hydrogens is 382 g/mol. The highest BCUT2D eigenvalue weighted by Gasteiger charge is 2.29. The molecule has 3 aromatic carbocycles. The van der Waals surface area contributed by atoms with Crippen molar-refractivity contribution in [2.24, 2.45) is 10.8 Å². The maximum atomic E-state index is 12.2. The third kappa shape index (κ3) is 4.15. The molecular formula is C23H19N3O4. The highest BCUT2D eigenvalue weighted by molar-refractivity contribution is 5.82. The first-order chi connectivity index (χ1) is 14.6. The van der Waals surface area contributed by atoms with Crippen molar-refractivity contribution in [1.82, 2.24) is 5.43 Å². The fourth-order valence-corrected chi connectivity index (χ4v) is 3.51. The van der Waals surface area contributed by atoms with Crippen LogP contribution < -0.4 is 15.9 Å². The second kappa shape index (κ2) is 8.48. The van der Waals surface area contributed by atoms with Crippen LogP contribution in [0.15, 0.2) is 77.9 Å². The van der Waals surface area contributed by atoms with Gasteiger partial charge in [0.15, 0.2) is 0 Å². The molecule has 0 saturated carbocycles. The highest BCUT2D eigenvalue weighted by atomic mass is 16.7. The molecule has 0 atom stereocenters. The molecule has 3 N–H and O–H groups in total. The largest absolute Gasteiger partial charge is 0.513 e. The van der Waals surface area contributed by atoms with E-state index in [-0.39, 0.29) is 12.5 Å². The molecule has 30 heavy (non-hydrogen) atoms. The van der Waals surface area contributed by atoms with Crippen LogP contribution in [0.5, 0.6) is 5.75 Å². The molecule has 3 aromatic rings. The zero-order valence-electron chi connectivity index (χ0n) is 15.9. The molecule has 1 aliphatic rings. The van der Waals surface area contributed by atoms with E-state index in [4.69, 9.17) is 15.2 Å². The van der Waals surface area contributed by atoms with Gasteiger partial charge in [-0.3, -0.25) is 0 Å². The van der Waals surface area contributed by atoms with Gasteiger partial charge in [-0.15, -0.1) is 0 Å². The Bertz CT molecular complexity index is 1060. The van der Waals surface area contributed by atoms with Gasteiger partial charge in [0.05, 0.1) is 6.21 Å². The van der Waals surface area contributed by atoms with Crippen molar-refractivity contribution >= 4 is 18.4 Å². The lowest BCUT2D eigenvalue weighted by Gasteiger charge is -2.14. The number of benzene rings is 3. The average molecular weight is 401 g/mol. The van der Waals surface area contributed by atoms with Gasteiger partial charge in [0.1, 0.15) is 12.4 Å². The van der Waals surface area contributed by atoms with E-state index in [2.05, 4.69) is 34.8 Å². The molecule has 0 spiro atoms. The van der Waals surface area contributed by atoms with Crippen LogP contribution in [0.1, 0.15) is 22.6 Å². The number of carbonyl (C=O) groups excluding carboxylic acids is 2. The summed E-state index contributed by atoms with van der Waals surface area (Å²) >= 11 is 0. The zero-order chi connectivity index (χ0) is 20.9. The lowest BCUT2D eigenvalue weighted by molar-refractivity contribution is 0.0965. The van der Waals surface area contributed by atoms with Crippen molar-refractivity contribution in [2.45, 2.75) is 5.92 Å². The van der Waals surface area contributed by atoms with E-state index < -0.39 is 12.2 Å². The molecule has 1 aliphatic carbocycles. The minimum absolute atomic E-state index is 0.0266. The van der Waals surface area contributed by atoms with Crippen LogP contribution in [-0.4, -0.2) is 25.0 Å². The molecule has 7 heteroatoms. The number of hydrazone groups is 1. The van der Waals surface area contributed by atoms with Crippen LogP contribution in [0.2, 0.25) is 0 Å². The Morgan fingerprint density at radius 3 is 2.13 bits per heavy atom. The van der Waals surface area contributed by atoms with Gasteiger partial charge in [-0.1, -0.05) is 48.5 Å². The van der Waals surface area contributed by atoms with Crippen LogP contribution in [0, 0.1) is 0 Å². The van der Waals surface area contributed by atoms with Crippen LogP contribution in [0.3, 0.4) is 0 Å². The summed E-state index contributed by atoms with van der Waals surface area (Å²) in [6.07, 6.45) is 0.649. The van der Waals surface area contributed by atoms with Gasteiger partial charge in [-0.2, -0.15) is 5.10 Å². The Morgan fingerprint density at radius 2 is 1.53 bits per heavy atom. The van der Waals surface area contributed by atoms with Crippen molar-refractivity contribution in [2.75, 3.05) is 6.61 Å². The number of carbonyl (C=O) groups is 2. The number of amides is 2. The normalized spacial score (nSPS) is 12.3. The van der Waals surface area contributed by atoms with E-state index in [1.807, 2.05) is 24.3 Å². The summed E-state index contributed by atoms with van der Waals surface area (Å²) in [7, 11) is 0. The number of fused-ring (bicyclic) bond motifs is 3. The predicted molar refractivity (Wildman–Crippen MR) is 112 cm³/mol. The van der Waals surface area contributed by atoms with Crippen molar-refractivity contribution in [3.63, 3.8) is 0 Å². The Kier molecular flexibility index (Phi) is 5.43. The minimum atomic E-state index is -0.770. The summed E-state index contributed by atoms with van der Waals surface area (Å²) in [4.78, 5) is 22.8. The zero-order valence-corrected chi connectivity index (χ0v) is 15.9. The van der Waals surface area contributed by atoms with E-state index in [0.717, 1.165) is 22.3 Å². The molecule has 0 radical (unpaired) electrons.